The third kappa shape index (κ3) is 5.00. The summed E-state index contributed by atoms with van der Waals surface area (Å²) in [5, 5.41) is 0. The maximum atomic E-state index is 5.75. The van der Waals surface area contributed by atoms with E-state index in [1.807, 2.05) is 27.7 Å². The largest absolute Gasteiger partial charge is 0.431 e. The number of hydrogen-bond acceptors (Lipinski definition) is 3. The molecular weight excluding hydrogens is 191 g/mol. The smallest absolute Gasteiger partial charge is 0.355 e. The lowest BCUT2D eigenvalue weighted by Gasteiger charge is -2.30. The van der Waals surface area contributed by atoms with E-state index in [0.29, 0.717) is 0 Å². The lowest BCUT2D eigenvalue weighted by atomic mass is 9.60. The van der Waals surface area contributed by atoms with E-state index in [2.05, 4.69) is 0 Å². The van der Waals surface area contributed by atoms with Crippen LogP contribution in [0, 0.1) is 0 Å². The monoisotopic (exact) mass is 214 g/mol. The summed E-state index contributed by atoms with van der Waals surface area (Å²) >= 11 is 0. The zero-order valence-electron chi connectivity index (χ0n) is 10.4. The Labute approximate surface area is 93.6 Å². The molecule has 0 aromatic rings. The van der Waals surface area contributed by atoms with Crippen molar-refractivity contribution in [3.8, 4) is 0 Å². The summed E-state index contributed by atoms with van der Waals surface area (Å²) in [6, 6.07) is 0. The second-order valence-corrected chi connectivity index (χ2v) is 4.64. The van der Waals surface area contributed by atoms with Gasteiger partial charge in [0.05, 0.1) is 12.2 Å². The maximum absolute atomic E-state index is 5.75. The molecule has 0 aromatic carbocycles. The first-order chi connectivity index (χ1) is 7.09. The molecule has 88 valence electrons. The average molecular weight is 214 g/mol. The minimum absolute atomic E-state index is 0.114. The molecule has 0 radical (unpaired) electrons. The highest BCUT2D eigenvalue weighted by Gasteiger charge is 2.32. The van der Waals surface area contributed by atoms with Gasteiger partial charge in [-0.25, -0.2) is 0 Å². The first-order valence-corrected chi connectivity index (χ1v) is 6.02. The normalized spacial score (nSPS) is 18.2. The van der Waals surface area contributed by atoms with Gasteiger partial charge in [0, 0.05) is 6.61 Å². The summed E-state index contributed by atoms with van der Waals surface area (Å²) in [5.41, 5.74) is 0. The van der Waals surface area contributed by atoms with Gasteiger partial charge < -0.3 is 14.1 Å². The van der Waals surface area contributed by atoms with E-state index in [-0.39, 0.29) is 25.3 Å². The Kier molecular flexibility index (Phi) is 5.65. The Morgan fingerprint density at radius 1 is 1.00 bits per heavy atom. The Bertz CT molecular complexity index is 157. The molecule has 1 aliphatic heterocycles. The molecule has 15 heavy (non-hydrogen) atoms. The molecular formula is C11H23BO3. The molecule has 1 heterocycles. The van der Waals surface area contributed by atoms with Crippen LogP contribution >= 0.6 is 0 Å². The van der Waals surface area contributed by atoms with Crippen molar-refractivity contribution in [1.29, 1.82) is 0 Å². The number of hydrogen-bond donors (Lipinski definition) is 0. The van der Waals surface area contributed by atoms with E-state index in [1.165, 1.54) is 6.42 Å². The van der Waals surface area contributed by atoms with Crippen molar-refractivity contribution in [2.75, 3.05) is 6.61 Å². The van der Waals surface area contributed by atoms with Gasteiger partial charge in [-0.15, -0.1) is 0 Å². The Hall–Kier alpha value is -0.0551. The van der Waals surface area contributed by atoms with E-state index in [1.54, 1.807) is 0 Å². The van der Waals surface area contributed by atoms with Crippen LogP contribution in [0.25, 0.3) is 0 Å². The minimum atomic E-state index is -0.203. The molecule has 0 aromatic heterocycles. The van der Waals surface area contributed by atoms with Crippen LogP contribution in [0.4, 0.5) is 0 Å². The van der Waals surface area contributed by atoms with Crippen molar-refractivity contribution in [1.82, 2.24) is 0 Å². The fourth-order valence-electron chi connectivity index (χ4n) is 1.72. The molecule has 1 rings (SSSR count). The quantitative estimate of drug-likeness (QED) is 0.519. The molecule has 1 fully saturated rings. The first kappa shape index (κ1) is 13.0. The molecule has 0 amide bonds. The van der Waals surface area contributed by atoms with Crippen molar-refractivity contribution in [3.63, 3.8) is 0 Å². The first-order valence-electron chi connectivity index (χ1n) is 6.02. The predicted octanol–water partition coefficient (Wildman–Crippen LogP) is 2.50. The highest BCUT2D eigenvalue weighted by Crippen LogP contribution is 2.18. The fourth-order valence-corrected chi connectivity index (χ4v) is 1.72. The van der Waals surface area contributed by atoms with Crippen molar-refractivity contribution in [2.24, 2.45) is 0 Å². The Balaban J connectivity index is 2.45. The molecule has 1 aliphatic rings. The van der Waals surface area contributed by atoms with Crippen LogP contribution in [0.1, 0.15) is 40.5 Å². The molecule has 0 unspecified atom stereocenters. The van der Waals surface area contributed by atoms with Crippen LogP contribution in [-0.4, -0.2) is 31.9 Å². The van der Waals surface area contributed by atoms with Crippen LogP contribution in [0.2, 0.25) is 6.32 Å². The molecule has 0 saturated carbocycles. The number of rotatable bonds is 5. The van der Waals surface area contributed by atoms with Crippen molar-refractivity contribution in [3.05, 3.63) is 0 Å². The van der Waals surface area contributed by atoms with Crippen molar-refractivity contribution < 1.29 is 14.1 Å². The topological polar surface area (TPSA) is 27.7 Å². The van der Waals surface area contributed by atoms with Gasteiger partial charge in [-0.2, -0.15) is 0 Å². The van der Waals surface area contributed by atoms with Gasteiger partial charge in [-0.05, 0) is 40.4 Å². The van der Waals surface area contributed by atoms with Gasteiger partial charge in [-0.3, -0.25) is 0 Å². The lowest BCUT2D eigenvalue weighted by molar-refractivity contribution is -0.144. The molecule has 0 N–H and O–H groups in total. The predicted molar refractivity (Wildman–Crippen MR) is 62.0 cm³/mol. The van der Waals surface area contributed by atoms with Crippen LogP contribution in [0.5, 0.6) is 0 Å². The van der Waals surface area contributed by atoms with E-state index in [9.17, 15) is 0 Å². The third-order valence-corrected chi connectivity index (χ3v) is 2.33. The summed E-state index contributed by atoms with van der Waals surface area (Å²) < 4.78 is 17.2. The summed E-state index contributed by atoms with van der Waals surface area (Å²) in [4.78, 5) is 0. The summed E-state index contributed by atoms with van der Waals surface area (Å²) in [5.74, 6) is 0. The summed E-state index contributed by atoms with van der Waals surface area (Å²) in [7, 11) is 0. The van der Waals surface area contributed by atoms with Crippen molar-refractivity contribution in [2.45, 2.75) is 65.3 Å². The van der Waals surface area contributed by atoms with Crippen LogP contribution in [0.3, 0.4) is 0 Å². The SMILES string of the molecule is CC(C)OC(OC(C)C)B1CCCCO1. The van der Waals surface area contributed by atoms with Gasteiger partial charge in [-0.1, -0.05) is 6.42 Å². The molecule has 4 heteroatoms. The third-order valence-electron chi connectivity index (χ3n) is 2.33. The van der Waals surface area contributed by atoms with Gasteiger partial charge in [0.25, 0.3) is 0 Å². The molecule has 0 aliphatic carbocycles. The second kappa shape index (κ2) is 6.51. The fraction of sp³-hybridized carbons (Fsp3) is 1.00. The number of ether oxygens (including phenoxy) is 2. The van der Waals surface area contributed by atoms with Gasteiger partial charge >= 0.3 is 6.92 Å². The second-order valence-electron chi connectivity index (χ2n) is 4.64. The zero-order valence-corrected chi connectivity index (χ0v) is 10.4. The molecule has 1 saturated heterocycles. The molecule has 0 spiro atoms. The molecule has 3 nitrogen and oxygen atoms in total. The Morgan fingerprint density at radius 2 is 1.60 bits per heavy atom. The average Bonchev–Trinajstić information content (AvgIpc) is 2.17. The summed E-state index contributed by atoms with van der Waals surface area (Å²) in [6.07, 6.45) is 3.57. The van der Waals surface area contributed by atoms with Crippen LogP contribution in [0.15, 0.2) is 0 Å². The van der Waals surface area contributed by atoms with E-state index in [0.717, 1.165) is 19.3 Å². The summed E-state index contributed by atoms with van der Waals surface area (Å²) in [6.45, 7) is 9.06. The highest BCUT2D eigenvalue weighted by atomic mass is 16.7. The van der Waals surface area contributed by atoms with Gasteiger partial charge in [0.15, 0.2) is 6.19 Å². The molecule has 0 bridgehead atoms. The lowest BCUT2D eigenvalue weighted by Crippen LogP contribution is -2.43. The van der Waals surface area contributed by atoms with Crippen LogP contribution < -0.4 is 0 Å². The van der Waals surface area contributed by atoms with E-state index < -0.39 is 0 Å². The molecule has 0 atom stereocenters. The highest BCUT2D eigenvalue weighted by molar-refractivity contribution is 6.53. The van der Waals surface area contributed by atoms with E-state index in [4.69, 9.17) is 14.1 Å². The van der Waals surface area contributed by atoms with Crippen molar-refractivity contribution >= 4 is 6.92 Å². The maximum Gasteiger partial charge on any atom is 0.355 e. The van der Waals surface area contributed by atoms with Gasteiger partial charge in [0.1, 0.15) is 0 Å². The van der Waals surface area contributed by atoms with Crippen LogP contribution in [-0.2, 0) is 14.1 Å². The standard InChI is InChI=1S/C11H23BO3/c1-9(2)14-11(15-10(3)4)12-7-5-6-8-13-12/h9-11H,5-8H2,1-4H3. The minimum Gasteiger partial charge on any atom is -0.431 e. The van der Waals surface area contributed by atoms with E-state index >= 15 is 0 Å². The zero-order chi connectivity index (χ0) is 11.3. The Morgan fingerprint density at radius 3 is 2.00 bits per heavy atom. The van der Waals surface area contributed by atoms with Gasteiger partial charge in [0.2, 0.25) is 0 Å².